The Labute approximate surface area is 168 Å². The lowest BCUT2D eigenvalue weighted by Crippen LogP contribution is -2.27. The van der Waals surface area contributed by atoms with Crippen LogP contribution in [0, 0.1) is 17.8 Å². The molecule has 1 aliphatic carbocycles. The number of rotatable bonds is 10. The van der Waals surface area contributed by atoms with E-state index < -0.39 is 12.2 Å². The van der Waals surface area contributed by atoms with Crippen LogP contribution in [-0.2, 0) is 4.79 Å². The van der Waals surface area contributed by atoms with Gasteiger partial charge in [0.15, 0.2) is 5.78 Å². The van der Waals surface area contributed by atoms with Crippen LogP contribution in [0.5, 0.6) is 0 Å². The molecular formula is C24H34FNO2. The molecule has 28 heavy (non-hydrogen) atoms. The molecule has 0 saturated heterocycles. The molecule has 2 rings (SSSR count). The highest BCUT2D eigenvalue weighted by molar-refractivity contribution is 5.97. The van der Waals surface area contributed by atoms with Crippen molar-refractivity contribution >= 4 is 11.5 Å². The number of hydrogen-bond donors (Lipinski definition) is 1. The van der Waals surface area contributed by atoms with Crippen molar-refractivity contribution in [2.45, 2.75) is 64.6 Å². The van der Waals surface area contributed by atoms with Gasteiger partial charge in [-0.05, 0) is 36.7 Å². The summed E-state index contributed by atoms with van der Waals surface area (Å²) in [5.74, 6) is 0.153. The molecule has 154 valence electrons. The summed E-state index contributed by atoms with van der Waals surface area (Å²) in [6.45, 7) is 9.84. The Morgan fingerprint density at radius 3 is 2.61 bits per heavy atom. The normalized spacial score (nSPS) is 26.8. The Hall–Kier alpha value is -1.81. The lowest BCUT2D eigenvalue weighted by molar-refractivity contribution is -0.122. The molecule has 0 radical (unpaired) electrons. The summed E-state index contributed by atoms with van der Waals surface area (Å²) in [7, 11) is 0. The third-order valence-electron chi connectivity index (χ3n) is 6.01. The van der Waals surface area contributed by atoms with Gasteiger partial charge in [0.2, 0.25) is 0 Å². The number of benzene rings is 1. The third kappa shape index (κ3) is 5.60. The van der Waals surface area contributed by atoms with E-state index in [1.54, 1.807) is 0 Å². The number of aliphatic imine (C=N–C) groups is 1. The van der Waals surface area contributed by atoms with Crippen molar-refractivity contribution in [3.05, 3.63) is 48.6 Å². The molecule has 1 fully saturated rings. The minimum absolute atomic E-state index is 0.00159. The molecule has 0 aliphatic heterocycles. The Kier molecular flexibility index (Phi) is 8.56. The molecular weight excluding hydrogens is 353 g/mol. The van der Waals surface area contributed by atoms with Gasteiger partial charge >= 0.3 is 0 Å². The average Bonchev–Trinajstić information content (AvgIpc) is 2.99. The van der Waals surface area contributed by atoms with E-state index in [1.165, 1.54) is 6.08 Å². The number of carbonyl (C=O) groups excluding carboxylic acids is 1. The van der Waals surface area contributed by atoms with Crippen molar-refractivity contribution in [1.29, 1.82) is 0 Å². The number of aliphatic hydroxyl groups is 1. The van der Waals surface area contributed by atoms with Crippen molar-refractivity contribution in [2.75, 3.05) is 6.61 Å². The van der Waals surface area contributed by atoms with E-state index in [2.05, 4.69) is 11.6 Å². The van der Waals surface area contributed by atoms with Crippen LogP contribution in [0.1, 0.15) is 57.9 Å². The average molecular weight is 388 g/mol. The maximum Gasteiger partial charge on any atom is 0.163 e. The standard InChI is InChI=1S/C24H34FNO2/c1-5-22(24(28)17(3)11-9-10-16(2)15-27)26-23-18(4)20(14-21(23)25)19-12-7-6-8-13-19/h5-8,12-13,16-18,20-22,27H,1,9-11,14-15H2,2-4H3/t16-,17?,18?,20-,21?,22?/m1/s1. The largest absolute Gasteiger partial charge is 0.396 e. The number of ketones is 1. The second-order valence-electron chi connectivity index (χ2n) is 8.27. The van der Waals surface area contributed by atoms with Crippen LogP contribution in [0.25, 0.3) is 0 Å². The monoisotopic (exact) mass is 387 g/mol. The number of aliphatic hydroxyl groups excluding tert-OH is 1. The minimum atomic E-state index is -1.11. The molecule has 4 unspecified atom stereocenters. The van der Waals surface area contributed by atoms with Gasteiger partial charge in [0.1, 0.15) is 12.2 Å². The van der Waals surface area contributed by atoms with E-state index in [1.807, 2.05) is 51.1 Å². The zero-order chi connectivity index (χ0) is 20.7. The summed E-state index contributed by atoms with van der Waals surface area (Å²) < 4.78 is 14.8. The molecule has 1 aromatic carbocycles. The quantitative estimate of drug-likeness (QED) is 0.565. The van der Waals surface area contributed by atoms with E-state index in [9.17, 15) is 9.18 Å². The second-order valence-corrected chi connectivity index (χ2v) is 8.27. The highest BCUT2D eigenvalue weighted by Crippen LogP contribution is 2.39. The molecule has 1 N–H and O–H groups in total. The number of Topliss-reactive ketones (excluding diaryl/α,β-unsaturated/α-hetero) is 1. The molecule has 4 heteroatoms. The highest BCUT2D eigenvalue weighted by Gasteiger charge is 2.39. The van der Waals surface area contributed by atoms with Gasteiger partial charge in [0.05, 0.1) is 5.71 Å². The topological polar surface area (TPSA) is 49.7 Å². The molecule has 1 saturated carbocycles. The van der Waals surface area contributed by atoms with Crippen molar-refractivity contribution in [3.63, 3.8) is 0 Å². The zero-order valence-corrected chi connectivity index (χ0v) is 17.4. The van der Waals surface area contributed by atoms with Crippen molar-refractivity contribution in [3.8, 4) is 0 Å². The first-order valence-corrected chi connectivity index (χ1v) is 10.4. The van der Waals surface area contributed by atoms with E-state index >= 15 is 0 Å². The Morgan fingerprint density at radius 2 is 2.00 bits per heavy atom. The molecule has 1 aromatic rings. The summed E-state index contributed by atoms with van der Waals surface area (Å²) in [5, 5.41) is 9.11. The lowest BCUT2D eigenvalue weighted by Gasteiger charge is -2.18. The number of nitrogens with zero attached hydrogens (tertiary/aromatic N) is 1. The fourth-order valence-electron chi connectivity index (χ4n) is 4.05. The van der Waals surface area contributed by atoms with E-state index in [0.29, 0.717) is 12.1 Å². The van der Waals surface area contributed by atoms with Gasteiger partial charge in [0, 0.05) is 18.4 Å². The van der Waals surface area contributed by atoms with Gasteiger partial charge in [-0.1, -0.05) is 63.6 Å². The number of hydrogen-bond acceptors (Lipinski definition) is 3. The first kappa shape index (κ1) is 22.5. The van der Waals surface area contributed by atoms with Crippen LogP contribution in [-0.4, -0.2) is 35.4 Å². The number of carbonyl (C=O) groups is 1. The molecule has 3 nitrogen and oxygen atoms in total. The summed E-state index contributed by atoms with van der Waals surface area (Å²) in [5.41, 5.74) is 1.61. The highest BCUT2D eigenvalue weighted by atomic mass is 19.1. The Bertz CT molecular complexity index is 672. The van der Waals surface area contributed by atoms with Crippen LogP contribution in [0.2, 0.25) is 0 Å². The lowest BCUT2D eigenvalue weighted by atomic mass is 9.89. The number of alkyl halides is 1. The first-order chi connectivity index (χ1) is 13.4. The summed E-state index contributed by atoms with van der Waals surface area (Å²) in [6.07, 6.45) is 3.36. The van der Waals surface area contributed by atoms with E-state index in [4.69, 9.17) is 5.11 Å². The van der Waals surface area contributed by atoms with Gasteiger partial charge in [-0.2, -0.15) is 0 Å². The predicted octanol–water partition coefficient (Wildman–Crippen LogP) is 5.15. The van der Waals surface area contributed by atoms with Gasteiger partial charge < -0.3 is 5.11 Å². The molecule has 0 amide bonds. The molecule has 0 spiro atoms. The first-order valence-electron chi connectivity index (χ1n) is 10.4. The van der Waals surface area contributed by atoms with E-state index in [0.717, 1.165) is 24.8 Å². The summed E-state index contributed by atoms with van der Waals surface area (Å²) in [6, 6.07) is 9.28. The van der Waals surface area contributed by atoms with Crippen LogP contribution in [0.4, 0.5) is 4.39 Å². The van der Waals surface area contributed by atoms with Gasteiger partial charge in [-0.25, -0.2) is 4.39 Å². The second kappa shape index (κ2) is 10.7. The van der Waals surface area contributed by atoms with Crippen molar-refractivity contribution in [2.24, 2.45) is 22.7 Å². The summed E-state index contributed by atoms with van der Waals surface area (Å²) in [4.78, 5) is 17.4. The SMILES string of the molecule is C=CC(N=C1C(F)C[C@@H](c2ccccc2)C1C)C(=O)C(C)CCC[C@@H](C)CO. The fourth-order valence-corrected chi connectivity index (χ4v) is 4.05. The Morgan fingerprint density at radius 1 is 1.32 bits per heavy atom. The molecule has 6 atom stereocenters. The van der Waals surface area contributed by atoms with Crippen molar-refractivity contribution < 1.29 is 14.3 Å². The smallest absolute Gasteiger partial charge is 0.163 e. The van der Waals surface area contributed by atoms with Crippen LogP contribution < -0.4 is 0 Å². The fraction of sp³-hybridized carbons (Fsp3) is 0.583. The van der Waals surface area contributed by atoms with Crippen molar-refractivity contribution in [1.82, 2.24) is 0 Å². The van der Waals surface area contributed by atoms with Gasteiger partial charge in [-0.15, -0.1) is 6.58 Å². The number of halogens is 1. The summed E-state index contributed by atoms with van der Waals surface area (Å²) >= 11 is 0. The van der Waals surface area contributed by atoms with Gasteiger partial charge in [0.25, 0.3) is 0 Å². The molecule has 0 heterocycles. The van der Waals surface area contributed by atoms with Crippen LogP contribution >= 0.6 is 0 Å². The maximum atomic E-state index is 14.8. The third-order valence-corrected chi connectivity index (χ3v) is 6.01. The minimum Gasteiger partial charge on any atom is -0.396 e. The zero-order valence-electron chi connectivity index (χ0n) is 17.4. The predicted molar refractivity (Wildman–Crippen MR) is 114 cm³/mol. The Balaban J connectivity index is 2.06. The van der Waals surface area contributed by atoms with E-state index in [-0.39, 0.29) is 36.1 Å². The van der Waals surface area contributed by atoms with Gasteiger partial charge in [-0.3, -0.25) is 9.79 Å². The van der Waals surface area contributed by atoms with Crippen LogP contribution in [0.3, 0.4) is 0 Å². The molecule has 0 aromatic heterocycles. The molecule has 1 aliphatic rings. The molecule has 0 bridgehead atoms. The maximum absolute atomic E-state index is 14.8. The van der Waals surface area contributed by atoms with Crippen LogP contribution in [0.15, 0.2) is 48.0 Å².